The second kappa shape index (κ2) is 6.13. The predicted molar refractivity (Wildman–Crippen MR) is 97.0 cm³/mol. The lowest BCUT2D eigenvalue weighted by Crippen LogP contribution is -2.19. The average Bonchev–Trinajstić information content (AvgIpc) is 3.25. The lowest BCUT2D eigenvalue weighted by atomic mass is 10.0. The van der Waals surface area contributed by atoms with Gasteiger partial charge in [0.15, 0.2) is 0 Å². The molecule has 0 amide bonds. The van der Waals surface area contributed by atoms with E-state index in [0.29, 0.717) is 0 Å². The Kier molecular flexibility index (Phi) is 3.83. The molecule has 23 heavy (non-hydrogen) atoms. The van der Waals surface area contributed by atoms with Crippen molar-refractivity contribution in [2.24, 2.45) is 0 Å². The summed E-state index contributed by atoms with van der Waals surface area (Å²) in [6, 6.07) is 15.5. The van der Waals surface area contributed by atoms with Crippen LogP contribution in [-0.2, 0) is 13.0 Å². The number of nitrogens with one attached hydrogen (secondary N) is 1. The number of nitrogens with zero attached hydrogens (tertiary/aromatic N) is 2. The van der Waals surface area contributed by atoms with Gasteiger partial charge in [0.25, 0.3) is 0 Å². The van der Waals surface area contributed by atoms with Crippen molar-refractivity contribution >= 4 is 17.4 Å². The van der Waals surface area contributed by atoms with Gasteiger partial charge < -0.3 is 9.88 Å². The fraction of sp³-hybridized carbons (Fsp3) is 0.211. The molecule has 0 spiro atoms. The van der Waals surface area contributed by atoms with Gasteiger partial charge >= 0.3 is 0 Å². The van der Waals surface area contributed by atoms with E-state index < -0.39 is 0 Å². The first-order valence-electron chi connectivity index (χ1n) is 7.83. The minimum Gasteiger partial charge on any atom is -0.365 e. The fourth-order valence-electron chi connectivity index (χ4n) is 3.24. The van der Waals surface area contributed by atoms with Crippen LogP contribution in [0.1, 0.15) is 11.3 Å². The molecule has 3 nitrogen and oxygen atoms in total. The zero-order valence-electron chi connectivity index (χ0n) is 13.1. The van der Waals surface area contributed by atoms with Gasteiger partial charge in [-0.2, -0.15) is 0 Å². The van der Waals surface area contributed by atoms with E-state index in [9.17, 15) is 0 Å². The van der Waals surface area contributed by atoms with Gasteiger partial charge in [-0.3, -0.25) is 0 Å². The molecule has 0 aliphatic carbocycles. The maximum Gasteiger partial charge on any atom is 0.0922 e. The summed E-state index contributed by atoms with van der Waals surface area (Å²) >= 11 is 1.80. The molecule has 1 aliphatic rings. The van der Waals surface area contributed by atoms with E-state index in [-0.39, 0.29) is 0 Å². The molecule has 2 heterocycles. The average molecular weight is 321 g/mol. The first-order valence-corrected chi connectivity index (χ1v) is 9.06. The van der Waals surface area contributed by atoms with Crippen molar-refractivity contribution in [2.75, 3.05) is 17.7 Å². The molecule has 1 aliphatic heterocycles. The summed E-state index contributed by atoms with van der Waals surface area (Å²) in [5, 5.41) is 0. The Morgan fingerprint density at radius 2 is 2.13 bits per heavy atom. The number of hydrogen-bond donors (Lipinski definition) is 1. The number of aromatic nitrogens is 2. The van der Waals surface area contributed by atoms with Gasteiger partial charge in [0.2, 0.25) is 0 Å². The number of hydrogen-bond acceptors (Lipinski definition) is 3. The maximum absolute atomic E-state index is 4.12. The number of thioether (sulfide) groups is 1. The smallest absolute Gasteiger partial charge is 0.0922 e. The van der Waals surface area contributed by atoms with Crippen LogP contribution in [0.4, 0.5) is 5.69 Å². The van der Waals surface area contributed by atoms with Crippen LogP contribution in [0.15, 0.2) is 59.9 Å². The van der Waals surface area contributed by atoms with Gasteiger partial charge in [-0.25, -0.2) is 4.98 Å². The van der Waals surface area contributed by atoms with Gasteiger partial charge in [-0.15, -0.1) is 11.8 Å². The summed E-state index contributed by atoms with van der Waals surface area (Å²) in [5.41, 5.74) is 6.57. The van der Waals surface area contributed by atoms with Crippen LogP contribution in [0, 0.1) is 0 Å². The number of aromatic amines is 1. The highest BCUT2D eigenvalue weighted by atomic mass is 32.2. The van der Waals surface area contributed by atoms with Crippen LogP contribution in [0.2, 0.25) is 0 Å². The minimum absolute atomic E-state index is 0.890. The molecular weight excluding hydrogens is 302 g/mol. The van der Waals surface area contributed by atoms with Crippen molar-refractivity contribution in [3.05, 3.63) is 66.2 Å². The van der Waals surface area contributed by atoms with Crippen molar-refractivity contribution in [3.63, 3.8) is 0 Å². The maximum atomic E-state index is 4.12. The number of benzene rings is 2. The molecule has 116 valence electrons. The van der Waals surface area contributed by atoms with E-state index in [2.05, 4.69) is 63.6 Å². The summed E-state index contributed by atoms with van der Waals surface area (Å²) in [6.07, 6.45) is 6.91. The number of fused-ring (bicyclic) bond motifs is 1. The van der Waals surface area contributed by atoms with Crippen molar-refractivity contribution in [2.45, 2.75) is 17.9 Å². The lowest BCUT2D eigenvalue weighted by Gasteiger charge is -2.19. The quantitative estimate of drug-likeness (QED) is 0.725. The van der Waals surface area contributed by atoms with Crippen molar-refractivity contribution in [1.29, 1.82) is 0 Å². The third-order valence-corrected chi connectivity index (χ3v) is 5.21. The van der Waals surface area contributed by atoms with Gasteiger partial charge in [-0.05, 0) is 41.5 Å². The predicted octanol–water partition coefficient (Wildman–Crippen LogP) is 4.36. The summed E-state index contributed by atoms with van der Waals surface area (Å²) in [6.45, 7) is 1.96. The molecule has 1 aromatic heterocycles. The highest BCUT2D eigenvalue weighted by Gasteiger charge is 2.20. The molecule has 1 N–H and O–H groups in total. The number of rotatable bonds is 4. The normalized spacial score (nSPS) is 13.3. The van der Waals surface area contributed by atoms with E-state index in [4.69, 9.17) is 0 Å². The monoisotopic (exact) mass is 321 g/mol. The SMILES string of the molecule is CSc1ccccc1-c1ccc2c(c1)N(Cc1cnc[nH]1)CC2. The first-order chi connectivity index (χ1) is 11.3. The van der Waals surface area contributed by atoms with Crippen LogP contribution >= 0.6 is 11.8 Å². The summed E-state index contributed by atoms with van der Waals surface area (Å²) < 4.78 is 0. The fourth-order valence-corrected chi connectivity index (χ4v) is 3.86. The molecule has 2 aromatic carbocycles. The van der Waals surface area contributed by atoms with Crippen LogP contribution in [0.3, 0.4) is 0 Å². The van der Waals surface area contributed by atoms with Crippen LogP contribution in [-0.4, -0.2) is 22.8 Å². The number of H-pyrrole nitrogens is 1. The Labute approximate surface area is 140 Å². The molecule has 3 aromatic rings. The van der Waals surface area contributed by atoms with Crippen LogP contribution < -0.4 is 4.90 Å². The summed E-state index contributed by atoms with van der Waals surface area (Å²) in [5.74, 6) is 0. The zero-order chi connectivity index (χ0) is 15.6. The lowest BCUT2D eigenvalue weighted by molar-refractivity contribution is 0.819. The Hall–Kier alpha value is -2.20. The van der Waals surface area contributed by atoms with Crippen LogP contribution in [0.25, 0.3) is 11.1 Å². The van der Waals surface area contributed by atoms with Gasteiger partial charge in [-0.1, -0.05) is 30.3 Å². The Morgan fingerprint density at radius 1 is 1.22 bits per heavy atom. The van der Waals surface area contributed by atoms with Crippen molar-refractivity contribution in [1.82, 2.24) is 9.97 Å². The van der Waals surface area contributed by atoms with E-state index >= 15 is 0 Å². The molecule has 0 saturated carbocycles. The van der Waals surface area contributed by atoms with Gasteiger partial charge in [0, 0.05) is 23.3 Å². The zero-order valence-corrected chi connectivity index (χ0v) is 13.9. The van der Waals surface area contributed by atoms with Crippen LogP contribution in [0.5, 0.6) is 0 Å². The molecule has 0 saturated heterocycles. The molecule has 0 atom stereocenters. The molecule has 0 bridgehead atoms. The molecule has 0 unspecified atom stereocenters. The third kappa shape index (κ3) is 2.75. The van der Waals surface area contributed by atoms with Gasteiger partial charge in [0.1, 0.15) is 0 Å². The molecular formula is C19H19N3S. The molecule has 0 fully saturated rings. The van der Waals surface area contributed by atoms with Crippen molar-refractivity contribution < 1.29 is 0 Å². The Morgan fingerprint density at radius 3 is 2.96 bits per heavy atom. The van der Waals surface area contributed by atoms with E-state index in [1.54, 1.807) is 18.1 Å². The minimum atomic E-state index is 0.890. The summed E-state index contributed by atoms with van der Waals surface area (Å²) in [4.78, 5) is 11.1. The highest BCUT2D eigenvalue weighted by molar-refractivity contribution is 7.98. The standard InChI is InChI=1S/C19H19N3S/c1-23-19-5-3-2-4-17(19)15-7-6-14-8-9-22(18(14)10-15)12-16-11-20-13-21-16/h2-7,10-11,13H,8-9,12H2,1H3,(H,20,21). The largest absolute Gasteiger partial charge is 0.365 e. The second-order valence-corrected chi connectivity index (χ2v) is 6.64. The Balaban J connectivity index is 1.70. The summed E-state index contributed by atoms with van der Waals surface area (Å²) in [7, 11) is 0. The number of anilines is 1. The highest BCUT2D eigenvalue weighted by Crippen LogP contribution is 2.36. The van der Waals surface area contributed by atoms with E-state index in [1.165, 1.54) is 27.3 Å². The number of imidazole rings is 1. The first kappa shape index (κ1) is 14.4. The second-order valence-electron chi connectivity index (χ2n) is 5.79. The topological polar surface area (TPSA) is 31.9 Å². The van der Waals surface area contributed by atoms with Gasteiger partial charge in [0.05, 0.1) is 18.6 Å². The van der Waals surface area contributed by atoms with Crippen molar-refractivity contribution in [3.8, 4) is 11.1 Å². The third-order valence-electron chi connectivity index (χ3n) is 4.41. The van der Waals surface area contributed by atoms with E-state index in [0.717, 1.165) is 25.2 Å². The molecule has 4 rings (SSSR count). The molecule has 4 heteroatoms. The molecule has 0 radical (unpaired) electrons. The van der Waals surface area contributed by atoms with E-state index in [1.807, 2.05) is 6.20 Å². The Bertz CT molecular complexity index is 811.